The molecule has 1 aliphatic heterocycles. The number of hydrogen-bond acceptors (Lipinski definition) is 3. The second-order valence-electron chi connectivity index (χ2n) is 7.81. The third-order valence-electron chi connectivity index (χ3n) is 5.68. The van der Waals surface area contributed by atoms with Crippen molar-refractivity contribution in [2.45, 2.75) is 56.9 Å². The zero-order valence-corrected chi connectivity index (χ0v) is 19.5. The number of hydrogen-bond donors (Lipinski definition) is 2. The van der Waals surface area contributed by atoms with Gasteiger partial charge in [-0.1, -0.05) is 31.8 Å². The molecule has 1 amide bonds. The summed E-state index contributed by atoms with van der Waals surface area (Å²) in [6.45, 7) is 7.89. The summed E-state index contributed by atoms with van der Waals surface area (Å²) in [5.41, 5.74) is 0.237. The molecule has 0 aromatic heterocycles. The average molecular weight is 491 g/mol. The molecule has 2 N–H and O–H groups in total. The number of amides is 1. The Morgan fingerprint density at radius 2 is 1.74 bits per heavy atom. The van der Waals surface area contributed by atoms with Crippen LogP contribution in [0.4, 0.5) is 0 Å². The van der Waals surface area contributed by atoms with Gasteiger partial charge in [-0.3, -0.25) is 9.69 Å². The van der Waals surface area contributed by atoms with Gasteiger partial charge in [-0.15, -0.1) is 30.6 Å². The van der Waals surface area contributed by atoms with Crippen LogP contribution in [0.15, 0.2) is 17.6 Å². The van der Waals surface area contributed by atoms with Crippen LogP contribution < -0.4 is 10.6 Å². The number of aliphatic imine (C=N–C) groups is 1. The molecule has 0 aromatic carbocycles. The minimum atomic E-state index is 0. The first-order chi connectivity index (χ1) is 12.6. The lowest BCUT2D eigenvalue weighted by Gasteiger charge is -2.48. The Labute approximate surface area is 182 Å². The molecule has 1 saturated heterocycles. The summed E-state index contributed by atoms with van der Waals surface area (Å²) >= 11 is 0. The molecule has 0 aromatic rings. The molecule has 1 heterocycles. The minimum Gasteiger partial charge on any atom is -0.355 e. The van der Waals surface area contributed by atoms with Gasteiger partial charge < -0.3 is 15.5 Å². The Balaban J connectivity index is 0.00000364. The highest BCUT2D eigenvalue weighted by molar-refractivity contribution is 14.0. The molecular formula is C20H38IN5O. The molecule has 0 unspecified atom stereocenters. The number of guanidine groups is 1. The highest BCUT2D eigenvalue weighted by Gasteiger charge is 2.38. The van der Waals surface area contributed by atoms with Crippen LogP contribution in [0.5, 0.6) is 0 Å². The third kappa shape index (κ3) is 7.60. The molecule has 7 heteroatoms. The first-order valence-electron chi connectivity index (χ1n) is 10.2. The predicted octanol–water partition coefficient (Wildman–Crippen LogP) is 2.60. The summed E-state index contributed by atoms with van der Waals surface area (Å²) in [4.78, 5) is 20.6. The van der Waals surface area contributed by atoms with Crippen LogP contribution >= 0.6 is 24.0 Å². The Kier molecular flexibility index (Phi) is 11.3. The molecule has 0 bridgehead atoms. The van der Waals surface area contributed by atoms with Gasteiger partial charge in [-0.2, -0.15) is 0 Å². The quantitative estimate of drug-likeness (QED) is 0.249. The second-order valence-corrected chi connectivity index (χ2v) is 7.81. The fraction of sp³-hybridized carbons (Fsp3) is 0.800. The zero-order chi connectivity index (χ0) is 18.8. The molecule has 156 valence electrons. The summed E-state index contributed by atoms with van der Waals surface area (Å²) in [5, 5.41) is 6.79. The Bertz CT molecular complexity index is 483. The minimum absolute atomic E-state index is 0. The van der Waals surface area contributed by atoms with E-state index >= 15 is 0 Å². The number of piperidine rings is 1. The smallest absolute Gasteiger partial charge is 0.243 e. The maximum absolute atomic E-state index is 11.9. The number of nitrogens with one attached hydrogen (secondary N) is 2. The zero-order valence-electron chi connectivity index (χ0n) is 17.1. The van der Waals surface area contributed by atoms with Gasteiger partial charge in [0, 0.05) is 32.7 Å². The van der Waals surface area contributed by atoms with Gasteiger partial charge in [0.15, 0.2) is 5.96 Å². The monoisotopic (exact) mass is 491 g/mol. The first-order valence-corrected chi connectivity index (χ1v) is 10.2. The maximum Gasteiger partial charge on any atom is 0.243 e. The fourth-order valence-electron chi connectivity index (χ4n) is 4.06. The van der Waals surface area contributed by atoms with E-state index in [0.717, 1.165) is 6.54 Å². The lowest BCUT2D eigenvalue weighted by atomic mass is 9.79. The highest BCUT2D eigenvalue weighted by atomic mass is 127. The van der Waals surface area contributed by atoms with Crippen molar-refractivity contribution in [3.05, 3.63) is 12.7 Å². The van der Waals surface area contributed by atoms with Gasteiger partial charge in [0.05, 0.1) is 0 Å². The van der Waals surface area contributed by atoms with Crippen LogP contribution in [-0.2, 0) is 4.79 Å². The molecule has 27 heavy (non-hydrogen) atoms. The summed E-state index contributed by atoms with van der Waals surface area (Å²) in [5.74, 6) is 0.718. The van der Waals surface area contributed by atoms with E-state index in [-0.39, 0.29) is 42.0 Å². The Hall–Kier alpha value is -0.830. The second kappa shape index (κ2) is 12.6. The van der Waals surface area contributed by atoms with E-state index in [2.05, 4.69) is 27.1 Å². The molecule has 2 fully saturated rings. The molecule has 1 aliphatic carbocycles. The lowest BCUT2D eigenvalue weighted by Crippen LogP contribution is -2.59. The standard InChI is InChI=1S/C20H37N5O.HI/c1-4-13-21-19(22-16-18(26)24(2)3)23-17-20(11-7-5-8-12-20)25-14-9-6-10-15-25;/h4H,1,5-17H2,2-3H3,(H2,21,22,23);1H. The van der Waals surface area contributed by atoms with Crippen molar-refractivity contribution in [2.24, 2.45) is 4.99 Å². The summed E-state index contributed by atoms with van der Waals surface area (Å²) in [6, 6.07) is 0. The molecule has 6 nitrogen and oxygen atoms in total. The molecule has 2 aliphatic rings. The Morgan fingerprint density at radius 1 is 1.11 bits per heavy atom. The summed E-state index contributed by atoms with van der Waals surface area (Å²) in [7, 11) is 3.52. The van der Waals surface area contributed by atoms with Crippen molar-refractivity contribution in [3.8, 4) is 0 Å². The number of rotatable bonds is 7. The van der Waals surface area contributed by atoms with Crippen molar-refractivity contribution in [1.29, 1.82) is 0 Å². The first kappa shape index (κ1) is 24.2. The molecule has 0 atom stereocenters. The summed E-state index contributed by atoms with van der Waals surface area (Å²) in [6.07, 6.45) is 12.3. The molecule has 0 radical (unpaired) electrons. The van der Waals surface area contributed by atoms with Gasteiger partial charge in [-0.05, 0) is 38.8 Å². The van der Waals surface area contributed by atoms with E-state index in [1.807, 2.05) is 6.08 Å². The maximum atomic E-state index is 11.9. The largest absolute Gasteiger partial charge is 0.355 e. The van der Waals surface area contributed by atoms with E-state index in [9.17, 15) is 4.79 Å². The molecule has 1 saturated carbocycles. The van der Waals surface area contributed by atoms with Crippen LogP contribution in [0.1, 0.15) is 51.4 Å². The van der Waals surface area contributed by atoms with E-state index < -0.39 is 0 Å². The number of nitrogens with zero attached hydrogens (tertiary/aromatic N) is 3. The number of halogens is 1. The SMILES string of the molecule is C=CCNC(=NCC(=O)N(C)C)NCC1(N2CCCCC2)CCCCC1.I. The van der Waals surface area contributed by atoms with Gasteiger partial charge in [-0.25, -0.2) is 4.99 Å². The number of carbonyl (C=O) groups excluding carboxylic acids is 1. The average Bonchev–Trinajstić information content (AvgIpc) is 2.68. The number of carbonyl (C=O) groups is 1. The van der Waals surface area contributed by atoms with Crippen molar-refractivity contribution >= 4 is 35.8 Å². The molecular weight excluding hydrogens is 453 g/mol. The van der Waals surface area contributed by atoms with Crippen molar-refractivity contribution in [3.63, 3.8) is 0 Å². The lowest BCUT2D eigenvalue weighted by molar-refractivity contribution is -0.127. The van der Waals surface area contributed by atoms with Gasteiger partial charge >= 0.3 is 0 Å². The van der Waals surface area contributed by atoms with Crippen LogP contribution in [0.25, 0.3) is 0 Å². The van der Waals surface area contributed by atoms with E-state index in [1.165, 1.54) is 64.5 Å². The van der Waals surface area contributed by atoms with Crippen molar-refractivity contribution in [1.82, 2.24) is 20.4 Å². The third-order valence-corrected chi connectivity index (χ3v) is 5.68. The van der Waals surface area contributed by atoms with Crippen LogP contribution in [-0.4, -0.2) is 74.0 Å². The fourth-order valence-corrected chi connectivity index (χ4v) is 4.06. The van der Waals surface area contributed by atoms with Crippen LogP contribution in [0, 0.1) is 0 Å². The topological polar surface area (TPSA) is 60.0 Å². The normalized spacial score (nSPS) is 20.3. The van der Waals surface area contributed by atoms with Crippen LogP contribution in [0.3, 0.4) is 0 Å². The van der Waals surface area contributed by atoms with Crippen molar-refractivity contribution < 1.29 is 4.79 Å². The number of likely N-dealkylation sites (tertiary alicyclic amines) is 1. The van der Waals surface area contributed by atoms with E-state index in [0.29, 0.717) is 12.5 Å². The van der Waals surface area contributed by atoms with Gasteiger partial charge in [0.25, 0.3) is 0 Å². The highest BCUT2D eigenvalue weighted by Crippen LogP contribution is 2.35. The van der Waals surface area contributed by atoms with Crippen LogP contribution in [0.2, 0.25) is 0 Å². The van der Waals surface area contributed by atoms with E-state index in [4.69, 9.17) is 0 Å². The van der Waals surface area contributed by atoms with Gasteiger partial charge in [0.2, 0.25) is 5.91 Å². The molecule has 0 spiro atoms. The van der Waals surface area contributed by atoms with E-state index in [1.54, 1.807) is 19.0 Å². The summed E-state index contributed by atoms with van der Waals surface area (Å²) < 4.78 is 0. The number of likely N-dealkylation sites (N-methyl/N-ethyl adjacent to an activating group) is 1. The Morgan fingerprint density at radius 3 is 2.33 bits per heavy atom. The molecule has 2 rings (SSSR count). The van der Waals surface area contributed by atoms with Crippen molar-refractivity contribution in [2.75, 3.05) is 46.8 Å². The predicted molar refractivity (Wildman–Crippen MR) is 124 cm³/mol. The van der Waals surface area contributed by atoms with Gasteiger partial charge in [0.1, 0.15) is 6.54 Å².